The zero-order valence-corrected chi connectivity index (χ0v) is 19.9. The first-order chi connectivity index (χ1) is 17.1. The molecule has 1 unspecified atom stereocenters. The highest BCUT2D eigenvalue weighted by atomic mass is 16.5. The zero-order chi connectivity index (χ0) is 24.6. The summed E-state index contributed by atoms with van der Waals surface area (Å²) in [6.45, 7) is 2.16. The summed E-state index contributed by atoms with van der Waals surface area (Å²) < 4.78 is 6.44. The zero-order valence-electron chi connectivity index (χ0n) is 19.9. The smallest absolute Gasteiger partial charge is 0.267 e. The first kappa shape index (κ1) is 24.0. The van der Waals surface area contributed by atoms with Gasteiger partial charge in [0.25, 0.3) is 5.56 Å². The molecule has 1 atom stereocenters. The molecular weight excluding hydrogens is 438 g/mol. The molecule has 1 amide bonds. The molecule has 178 valence electrons. The minimum absolute atomic E-state index is 0.159. The van der Waals surface area contributed by atoms with Crippen molar-refractivity contribution < 1.29 is 9.53 Å². The molecule has 4 rings (SSSR count). The molecule has 6 nitrogen and oxygen atoms in total. The predicted molar refractivity (Wildman–Crippen MR) is 138 cm³/mol. The number of benzene rings is 3. The third-order valence-corrected chi connectivity index (χ3v) is 6.09. The standard InChI is InChI=1S/C29H29N3O3/c1-21(32-28(33)18-17-27(31-32)24-13-15-25(35-2)16-14-24)29(34)30-20-19-26(22-9-5-3-6-10-22)23-11-7-4-8-12-23/h3-18,21,26H,19-20H2,1-2H3,(H,30,34). The second kappa shape index (κ2) is 11.3. The molecule has 3 aromatic carbocycles. The van der Waals surface area contributed by atoms with Gasteiger partial charge in [0.1, 0.15) is 11.8 Å². The molecule has 0 saturated heterocycles. The lowest BCUT2D eigenvalue weighted by atomic mass is 9.88. The van der Waals surface area contributed by atoms with E-state index in [4.69, 9.17) is 4.74 Å². The Labute approximate surface area is 205 Å². The molecule has 1 N–H and O–H groups in total. The van der Waals surface area contributed by atoms with Crippen molar-refractivity contribution in [2.45, 2.75) is 25.3 Å². The first-order valence-electron chi connectivity index (χ1n) is 11.7. The highest BCUT2D eigenvalue weighted by Crippen LogP contribution is 2.27. The summed E-state index contributed by atoms with van der Waals surface area (Å²) >= 11 is 0. The molecule has 6 heteroatoms. The van der Waals surface area contributed by atoms with E-state index in [0.717, 1.165) is 17.7 Å². The van der Waals surface area contributed by atoms with Crippen LogP contribution in [-0.2, 0) is 4.79 Å². The van der Waals surface area contributed by atoms with Crippen LogP contribution in [0.1, 0.15) is 36.4 Å². The second-order valence-corrected chi connectivity index (χ2v) is 8.36. The third-order valence-electron chi connectivity index (χ3n) is 6.09. The van der Waals surface area contributed by atoms with Crippen LogP contribution in [0.15, 0.2) is 102 Å². The quantitative estimate of drug-likeness (QED) is 0.383. The summed E-state index contributed by atoms with van der Waals surface area (Å²) in [5.41, 5.74) is 3.52. The topological polar surface area (TPSA) is 73.2 Å². The number of nitrogens with zero attached hydrogens (tertiary/aromatic N) is 2. The summed E-state index contributed by atoms with van der Waals surface area (Å²) in [6, 6.07) is 30.3. The van der Waals surface area contributed by atoms with E-state index in [1.165, 1.54) is 21.9 Å². The van der Waals surface area contributed by atoms with Crippen molar-refractivity contribution in [1.29, 1.82) is 0 Å². The lowest BCUT2D eigenvalue weighted by Gasteiger charge is -2.20. The molecule has 0 aliphatic heterocycles. The number of amides is 1. The largest absolute Gasteiger partial charge is 0.497 e. The Hall–Kier alpha value is -4.19. The first-order valence-corrected chi connectivity index (χ1v) is 11.7. The van der Waals surface area contributed by atoms with Crippen molar-refractivity contribution >= 4 is 5.91 Å². The van der Waals surface area contributed by atoms with Crippen LogP contribution < -0.4 is 15.6 Å². The summed E-state index contributed by atoms with van der Waals surface area (Å²) in [5.74, 6) is 0.651. The molecule has 0 saturated carbocycles. The number of methoxy groups -OCH3 is 1. The van der Waals surface area contributed by atoms with Gasteiger partial charge in [-0.25, -0.2) is 4.68 Å². The van der Waals surface area contributed by atoms with Gasteiger partial charge in [-0.2, -0.15) is 5.10 Å². The number of hydrogen-bond acceptors (Lipinski definition) is 4. The Morgan fingerprint density at radius 1 is 0.886 bits per heavy atom. The number of rotatable bonds is 9. The van der Waals surface area contributed by atoms with Gasteiger partial charge in [-0.1, -0.05) is 60.7 Å². The number of carbonyl (C=O) groups excluding carboxylic acids is 1. The van der Waals surface area contributed by atoms with Gasteiger partial charge in [0.15, 0.2) is 0 Å². The molecule has 1 aromatic heterocycles. The minimum atomic E-state index is -0.743. The van der Waals surface area contributed by atoms with Crippen LogP contribution in [0.4, 0.5) is 0 Å². The van der Waals surface area contributed by atoms with Crippen molar-refractivity contribution in [1.82, 2.24) is 15.1 Å². The average Bonchev–Trinajstić information content (AvgIpc) is 2.92. The summed E-state index contributed by atoms with van der Waals surface area (Å²) in [6.07, 6.45) is 0.737. The average molecular weight is 468 g/mol. The fourth-order valence-corrected chi connectivity index (χ4v) is 4.11. The Kier molecular flexibility index (Phi) is 7.73. The highest BCUT2D eigenvalue weighted by molar-refractivity contribution is 5.79. The van der Waals surface area contributed by atoms with E-state index in [0.29, 0.717) is 12.2 Å². The molecule has 0 aliphatic rings. The van der Waals surface area contributed by atoms with Crippen LogP contribution in [0.25, 0.3) is 11.3 Å². The van der Waals surface area contributed by atoms with Crippen LogP contribution in [0, 0.1) is 0 Å². The fourth-order valence-electron chi connectivity index (χ4n) is 4.11. The second-order valence-electron chi connectivity index (χ2n) is 8.36. The number of carbonyl (C=O) groups is 1. The van der Waals surface area contributed by atoms with Gasteiger partial charge >= 0.3 is 0 Å². The maximum absolute atomic E-state index is 13.0. The minimum Gasteiger partial charge on any atom is -0.497 e. The van der Waals surface area contributed by atoms with Crippen LogP contribution >= 0.6 is 0 Å². The molecule has 0 aliphatic carbocycles. The molecular formula is C29H29N3O3. The van der Waals surface area contributed by atoms with E-state index in [9.17, 15) is 9.59 Å². The third kappa shape index (κ3) is 5.84. The van der Waals surface area contributed by atoms with Crippen molar-refractivity contribution in [2.75, 3.05) is 13.7 Å². The Balaban J connectivity index is 1.45. The van der Waals surface area contributed by atoms with E-state index < -0.39 is 6.04 Å². The van der Waals surface area contributed by atoms with Crippen molar-refractivity contribution in [3.05, 3.63) is 119 Å². The summed E-state index contributed by atoms with van der Waals surface area (Å²) in [7, 11) is 1.61. The number of hydrogen-bond donors (Lipinski definition) is 1. The van der Waals surface area contributed by atoms with E-state index >= 15 is 0 Å². The molecule has 1 heterocycles. The van der Waals surface area contributed by atoms with Crippen LogP contribution in [0.3, 0.4) is 0 Å². The lowest BCUT2D eigenvalue weighted by molar-refractivity contribution is -0.124. The normalized spacial score (nSPS) is 11.7. The van der Waals surface area contributed by atoms with Crippen molar-refractivity contribution in [3.8, 4) is 17.0 Å². The fraction of sp³-hybridized carbons (Fsp3) is 0.207. The van der Waals surface area contributed by atoms with E-state index in [1.54, 1.807) is 20.1 Å². The van der Waals surface area contributed by atoms with Crippen molar-refractivity contribution in [2.24, 2.45) is 0 Å². The number of aromatic nitrogens is 2. The summed E-state index contributed by atoms with van der Waals surface area (Å²) in [4.78, 5) is 25.5. The molecule has 0 spiro atoms. The van der Waals surface area contributed by atoms with Crippen molar-refractivity contribution in [3.63, 3.8) is 0 Å². The Morgan fingerprint density at radius 2 is 1.49 bits per heavy atom. The molecule has 0 fully saturated rings. The van der Waals surface area contributed by atoms with Crippen LogP contribution in [0.2, 0.25) is 0 Å². The van der Waals surface area contributed by atoms with Gasteiger partial charge in [0, 0.05) is 24.1 Å². The lowest BCUT2D eigenvalue weighted by Crippen LogP contribution is -2.37. The van der Waals surface area contributed by atoms with Crippen LogP contribution in [0.5, 0.6) is 5.75 Å². The Morgan fingerprint density at radius 3 is 2.06 bits per heavy atom. The molecule has 4 aromatic rings. The Bertz CT molecular complexity index is 1260. The molecule has 35 heavy (non-hydrogen) atoms. The van der Waals surface area contributed by atoms with Gasteiger partial charge in [0.05, 0.1) is 12.8 Å². The van der Waals surface area contributed by atoms with Gasteiger partial charge < -0.3 is 10.1 Å². The maximum Gasteiger partial charge on any atom is 0.267 e. The molecule has 0 radical (unpaired) electrons. The number of nitrogens with one attached hydrogen (secondary N) is 1. The molecule has 0 bridgehead atoms. The van der Waals surface area contributed by atoms with Gasteiger partial charge in [0.2, 0.25) is 5.91 Å². The summed E-state index contributed by atoms with van der Waals surface area (Å²) in [5, 5.41) is 7.46. The number of ether oxygens (including phenoxy) is 1. The van der Waals surface area contributed by atoms with Gasteiger partial charge in [-0.3, -0.25) is 9.59 Å². The van der Waals surface area contributed by atoms with E-state index in [2.05, 4.69) is 34.7 Å². The van der Waals surface area contributed by atoms with E-state index in [-0.39, 0.29) is 17.4 Å². The van der Waals surface area contributed by atoms with Gasteiger partial charge in [-0.15, -0.1) is 0 Å². The van der Waals surface area contributed by atoms with Gasteiger partial charge in [-0.05, 0) is 54.8 Å². The van der Waals surface area contributed by atoms with E-state index in [1.807, 2.05) is 60.7 Å². The predicted octanol–water partition coefficient (Wildman–Crippen LogP) is 4.82. The monoisotopic (exact) mass is 467 g/mol. The highest BCUT2D eigenvalue weighted by Gasteiger charge is 2.19. The van der Waals surface area contributed by atoms with Crippen LogP contribution in [-0.4, -0.2) is 29.3 Å². The SMILES string of the molecule is COc1ccc(-c2ccc(=O)n(C(C)C(=O)NCCC(c3ccccc3)c3ccccc3)n2)cc1. The maximum atomic E-state index is 13.0.